The van der Waals surface area contributed by atoms with Crippen LogP contribution in [0.5, 0.6) is 23.0 Å². The van der Waals surface area contributed by atoms with Crippen molar-refractivity contribution in [2.45, 2.75) is 10.8 Å². The van der Waals surface area contributed by atoms with Gasteiger partial charge < -0.3 is 14.4 Å². The van der Waals surface area contributed by atoms with Gasteiger partial charge in [0, 0.05) is 39.3 Å². The Labute approximate surface area is 448 Å². The molecule has 0 unspecified atom stereocenters. The van der Waals surface area contributed by atoms with Gasteiger partial charge in [-0.15, -0.1) is 0 Å². The molecule has 0 saturated heterocycles. The Morgan fingerprint density at radius 2 is 0.597 bits per heavy atom. The van der Waals surface area contributed by atoms with Gasteiger partial charge in [0.2, 0.25) is 0 Å². The molecule has 3 heteroatoms. The Bertz CT molecular complexity index is 4250. The zero-order valence-electron chi connectivity index (χ0n) is 41.9. The molecule has 77 heavy (non-hydrogen) atoms. The Morgan fingerprint density at radius 3 is 1.17 bits per heavy atom. The number of fused-ring (bicyclic) bond motifs is 18. The minimum atomic E-state index is -0.608. The maximum atomic E-state index is 6.73. The van der Waals surface area contributed by atoms with Gasteiger partial charge in [-0.3, -0.25) is 0 Å². The molecule has 360 valence electrons. The Morgan fingerprint density at radius 1 is 0.221 bits per heavy atom. The van der Waals surface area contributed by atoms with Crippen LogP contribution in [0.4, 0.5) is 17.1 Å². The van der Waals surface area contributed by atoms with Gasteiger partial charge in [0.05, 0.1) is 10.8 Å². The lowest BCUT2D eigenvalue weighted by Crippen LogP contribution is -2.32. The van der Waals surface area contributed by atoms with Crippen LogP contribution in [0.1, 0.15) is 44.5 Å². The van der Waals surface area contributed by atoms with Crippen LogP contribution >= 0.6 is 0 Å². The summed E-state index contributed by atoms with van der Waals surface area (Å²) in [6.45, 7) is 0. The van der Waals surface area contributed by atoms with E-state index in [0.717, 1.165) is 73.4 Å². The van der Waals surface area contributed by atoms with E-state index < -0.39 is 10.8 Å². The number of rotatable bonds is 6. The molecule has 2 heterocycles. The molecule has 2 aliphatic carbocycles. The summed E-state index contributed by atoms with van der Waals surface area (Å²) in [5.74, 6) is 3.54. The maximum absolute atomic E-state index is 6.73. The summed E-state index contributed by atoms with van der Waals surface area (Å²) >= 11 is 0. The predicted molar refractivity (Wildman–Crippen MR) is 312 cm³/mol. The molecular weight excluding hydrogens is 935 g/mol. The molecule has 0 radical (unpaired) electrons. The third-order valence-corrected chi connectivity index (χ3v) is 16.8. The van der Waals surface area contributed by atoms with Crippen molar-refractivity contribution in [1.29, 1.82) is 0 Å². The van der Waals surface area contributed by atoms with Gasteiger partial charge in [-0.25, -0.2) is 0 Å². The fourth-order valence-corrected chi connectivity index (χ4v) is 13.7. The lowest BCUT2D eigenvalue weighted by atomic mass is 9.66. The summed E-state index contributed by atoms with van der Waals surface area (Å²) in [7, 11) is 0. The van der Waals surface area contributed by atoms with Crippen LogP contribution in [0.2, 0.25) is 0 Å². The largest absolute Gasteiger partial charge is 0.457 e. The van der Waals surface area contributed by atoms with E-state index in [1.807, 2.05) is 0 Å². The minimum Gasteiger partial charge on any atom is -0.457 e. The topological polar surface area (TPSA) is 21.7 Å². The average Bonchev–Trinajstić information content (AvgIpc) is 4.19. The zero-order chi connectivity index (χ0) is 50.7. The van der Waals surface area contributed by atoms with E-state index in [-0.39, 0.29) is 0 Å². The van der Waals surface area contributed by atoms with E-state index >= 15 is 0 Å². The van der Waals surface area contributed by atoms with E-state index in [4.69, 9.17) is 9.47 Å². The molecule has 4 aliphatic rings. The molecule has 2 spiro atoms. The first-order chi connectivity index (χ1) is 38.2. The number of nitrogens with zero attached hydrogens (tertiary/aromatic N) is 1. The molecule has 3 nitrogen and oxygen atoms in total. The minimum absolute atomic E-state index is 0.546. The molecule has 0 N–H and O–H groups in total. The SMILES string of the molecule is c1ccc(-c2cccc(-c3ccc(N(c4ccc(-c5cccc6c5-c5ccccc5C65c6ccccc6Oc6ccccc65)cc4)c4ccc5c(c4)C4(c6ccccc6Oc6ccccc64)c4ccccc4-5)cc3)c2)cc1. The van der Waals surface area contributed by atoms with Crippen molar-refractivity contribution < 1.29 is 9.47 Å². The van der Waals surface area contributed by atoms with E-state index in [2.05, 4.69) is 290 Å². The van der Waals surface area contributed by atoms with Crippen LogP contribution in [0.25, 0.3) is 55.6 Å². The van der Waals surface area contributed by atoms with Crippen molar-refractivity contribution in [1.82, 2.24) is 0 Å². The maximum Gasteiger partial charge on any atom is 0.132 e. The molecule has 2 aliphatic heterocycles. The Kier molecular flexibility index (Phi) is 9.47. The second kappa shape index (κ2) is 16.8. The standard InChI is InChI=1S/C74H47NO2/c1-2-18-48(19-3-1)51-20-16-21-52(46-51)49-36-40-53(41-37-49)75(55-44-45-58-57-22-4-6-25-60(57)74(67(58)47-55)64-29-10-14-34-70(64)77-71-35-15-11-30-65(71)74)54-42-38-50(39-43-54)56-24-17-31-66-72(56)59-23-5-7-26-61(59)73(66)62-27-8-12-32-68(62)76-69-33-13-9-28-63(69)73/h1-47H. The highest BCUT2D eigenvalue weighted by Gasteiger charge is 2.53. The molecule has 0 amide bonds. The first kappa shape index (κ1) is 43.4. The van der Waals surface area contributed by atoms with E-state index in [1.54, 1.807) is 0 Å². The third-order valence-electron chi connectivity index (χ3n) is 16.8. The number of para-hydroxylation sites is 4. The lowest BCUT2D eigenvalue weighted by molar-refractivity contribution is 0.436. The summed E-state index contributed by atoms with van der Waals surface area (Å²) in [6.07, 6.45) is 0. The fraction of sp³-hybridized carbons (Fsp3) is 0.0270. The van der Waals surface area contributed by atoms with Crippen LogP contribution < -0.4 is 14.4 Å². The van der Waals surface area contributed by atoms with Gasteiger partial charge in [0.25, 0.3) is 0 Å². The molecule has 0 aromatic heterocycles. The van der Waals surface area contributed by atoms with Crippen LogP contribution in [0, 0.1) is 0 Å². The summed E-state index contributed by atoms with van der Waals surface area (Å²) in [4.78, 5) is 2.43. The number of hydrogen-bond acceptors (Lipinski definition) is 3. The molecule has 12 aromatic carbocycles. The van der Waals surface area contributed by atoms with Gasteiger partial charge in [-0.2, -0.15) is 0 Å². The van der Waals surface area contributed by atoms with Crippen LogP contribution in [0.15, 0.2) is 285 Å². The van der Waals surface area contributed by atoms with Crippen molar-refractivity contribution >= 4 is 17.1 Å². The third kappa shape index (κ3) is 6.20. The summed E-state index contributed by atoms with van der Waals surface area (Å²) in [6, 6.07) is 104. The van der Waals surface area contributed by atoms with Crippen molar-refractivity contribution in [3.8, 4) is 78.6 Å². The van der Waals surface area contributed by atoms with Gasteiger partial charge in [0.15, 0.2) is 0 Å². The molecule has 0 fully saturated rings. The zero-order valence-corrected chi connectivity index (χ0v) is 41.9. The normalized spacial score (nSPS) is 13.9. The number of benzene rings is 12. The summed E-state index contributed by atoms with van der Waals surface area (Å²) in [5, 5.41) is 0. The molecule has 0 bridgehead atoms. The fourth-order valence-electron chi connectivity index (χ4n) is 13.7. The number of anilines is 3. The van der Waals surface area contributed by atoms with Crippen molar-refractivity contribution in [2.75, 3.05) is 4.90 Å². The highest BCUT2D eigenvalue weighted by Crippen LogP contribution is 2.65. The Balaban J connectivity index is 0.872. The first-order valence-corrected chi connectivity index (χ1v) is 26.6. The monoisotopic (exact) mass is 981 g/mol. The van der Waals surface area contributed by atoms with Gasteiger partial charge in [0.1, 0.15) is 23.0 Å². The molecule has 0 saturated carbocycles. The van der Waals surface area contributed by atoms with Gasteiger partial charge in [-0.05, 0) is 145 Å². The number of ether oxygens (including phenoxy) is 2. The first-order valence-electron chi connectivity index (χ1n) is 26.6. The van der Waals surface area contributed by atoms with Crippen molar-refractivity contribution in [2.24, 2.45) is 0 Å². The summed E-state index contributed by atoms with van der Waals surface area (Å²) < 4.78 is 13.4. The van der Waals surface area contributed by atoms with E-state index in [9.17, 15) is 0 Å². The van der Waals surface area contributed by atoms with E-state index in [0.29, 0.717) is 0 Å². The smallest absolute Gasteiger partial charge is 0.132 e. The second-order valence-electron chi connectivity index (χ2n) is 20.6. The van der Waals surface area contributed by atoms with E-state index in [1.165, 1.54) is 66.8 Å². The lowest BCUT2D eigenvalue weighted by Gasteiger charge is -2.39. The Hall–Kier alpha value is -9.96. The average molecular weight is 982 g/mol. The second-order valence-corrected chi connectivity index (χ2v) is 20.6. The molecule has 12 aromatic rings. The predicted octanol–water partition coefficient (Wildman–Crippen LogP) is 19.1. The highest BCUT2D eigenvalue weighted by atomic mass is 16.5. The van der Waals surface area contributed by atoms with Gasteiger partial charge >= 0.3 is 0 Å². The number of hydrogen-bond donors (Lipinski definition) is 0. The molecule has 16 rings (SSSR count). The quantitative estimate of drug-likeness (QED) is 0.166. The highest BCUT2D eigenvalue weighted by molar-refractivity contribution is 5.97. The van der Waals surface area contributed by atoms with Crippen LogP contribution in [0.3, 0.4) is 0 Å². The van der Waals surface area contributed by atoms with Crippen LogP contribution in [-0.2, 0) is 10.8 Å². The molecular formula is C74H47NO2. The van der Waals surface area contributed by atoms with Gasteiger partial charge in [-0.1, -0.05) is 218 Å². The van der Waals surface area contributed by atoms with Crippen molar-refractivity contribution in [3.05, 3.63) is 330 Å². The molecule has 0 atom stereocenters. The van der Waals surface area contributed by atoms with Crippen LogP contribution in [-0.4, -0.2) is 0 Å². The van der Waals surface area contributed by atoms with Crippen molar-refractivity contribution in [3.63, 3.8) is 0 Å². The summed E-state index contributed by atoms with van der Waals surface area (Å²) in [5.41, 5.74) is 23.7.